The zero-order valence-electron chi connectivity index (χ0n) is 20.0. The predicted octanol–water partition coefficient (Wildman–Crippen LogP) is 6.89. The molecule has 0 spiro atoms. The summed E-state index contributed by atoms with van der Waals surface area (Å²) in [5.41, 5.74) is 3.84. The van der Waals surface area contributed by atoms with Gasteiger partial charge in [-0.15, -0.1) is 6.58 Å². The van der Waals surface area contributed by atoms with Crippen LogP contribution >= 0.6 is 0 Å². The maximum atomic E-state index is 13.0. The van der Waals surface area contributed by atoms with E-state index in [1.54, 1.807) is 0 Å². The van der Waals surface area contributed by atoms with Crippen molar-refractivity contribution in [2.75, 3.05) is 6.61 Å². The van der Waals surface area contributed by atoms with Gasteiger partial charge in [0.15, 0.2) is 11.5 Å². The number of carbonyl (C=O) groups is 1. The molecule has 0 radical (unpaired) electrons. The van der Waals surface area contributed by atoms with Gasteiger partial charge in [-0.1, -0.05) is 43.3 Å². The van der Waals surface area contributed by atoms with E-state index in [2.05, 4.69) is 37.8 Å². The van der Waals surface area contributed by atoms with E-state index in [9.17, 15) is 4.79 Å². The Morgan fingerprint density at radius 3 is 2.67 bits per heavy atom. The Morgan fingerprint density at radius 1 is 1.12 bits per heavy atom. The summed E-state index contributed by atoms with van der Waals surface area (Å²) in [5.74, 6) is 4.19. The molecule has 3 nitrogen and oxygen atoms in total. The van der Waals surface area contributed by atoms with Crippen LogP contribution in [0.15, 0.2) is 55.1 Å². The lowest BCUT2D eigenvalue weighted by Gasteiger charge is -2.50. The molecule has 5 rings (SSSR count). The number of benzene rings is 2. The third kappa shape index (κ3) is 3.90. The molecule has 0 N–H and O–H groups in total. The normalized spacial score (nSPS) is 30.2. The molecular formula is C30H36O3. The van der Waals surface area contributed by atoms with Crippen LogP contribution in [0.3, 0.4) is 0 Å². The van der Waals surface area contributed by atoms with Gasteiger partial charge in [0.2, 0.25) is 0 Å². The highest BCUT2D eigenvalue weighted by molar-refractivity contribution is 5.87. The lowest BCUT2D eigenvalue weighted by Crippen LogP contribution is -2.44. The summed E-state index contributed by atoms with van der Waals surface area (Å²) in [7, 11) is 0. The van der Waals surface area contributed by atoms with Crippen LogP contribution in [0.2, 0.25) is 0 Å². The Hall–Kier alpha value is -2.55. The molecule has 3 aliphatic rings. The molecule has 3 aliphatic carbocycles. The molecule has 0 unspecified atom stereocenters. The summed E-state index contributed by atoms with van der Waals surface area (Å²) >= 11 is 0. The largest absolute Gasteiger partial charge is 0.490 e. The van der Waals surface area contributed by atoms with E-state index in [0.29, 0.717) is 42.7 Å². The molecule has 174 valence electrons. The van der Waals surface area contributed by atoms with E-state index in [0.717, 1.165) is 55.6 Å². The Balaban J connectivity index is 1.45. The second kappa shape index (κ2) is 9.00. The molecule has 0 bridgehead atoms. The Kier molecular flexibility index (Phi) is 6.07. The number of hydrogen-bond acceptors (Lipinski definition) is 3. The van der Waals surface area contributed by atoms with E-state index in [1.165, 1.54) is 11.1 Å². The number of aryl methyl sites for hydroxylation is 1. The summed E-state index contributed by atoms with van der Waals surface area (Å²) in [4.78, 5) is 13.0. The average molecular weight is 445 g/mol. The highest BCUT2D eigenvalue weighted by atomic mass is 16.5. The molecule has 2 aromatic rings. The van der Waals surface area contributed by atoms with Gasteiger partial charge in [0, 0.05) is 11.8 Å². The van der Waals surface area contributed by atoms with Crippen molar-refractivity contribution in [2.24, 2.45) is 23.2 Å². The van der Waals surface area contributed by atoms with E-state index < -0.39 is 0 Å². The predicted molar refractivity (Wildman–Crippen MR) is 132 cm³/mol. The van der Waals surface area contributed by atoms with Gasteiger partial charge in [-0.25, -0.2) is 0 Å². The second-order valence-corrected chi connectivity index (χ2v) is 10.4. The van der Waals surface area contributed by atoms with Gasteiger partial charge >= 0.3 is 0 Å². The smallest absolute Gasteiger partial charge is 0.161 e. The summed E-state index contributed by atoms with van der Waals surface area (Å²) < 4.78 is 12.3. The first-order valence-electron chi connectivity index (χ1n) is 12.7. The van der Waals surface area contributed by atoms with Crippen LogP contribution < -0.4 is 9.47 Å². The summed E-state index contributed by atoms with van der Waals surface area (Å²) in [6.07, 6.45) is 8.01. The Labute approximate surface area is 198 Å². The minimum atomic E-state index is -0.145. The standard InChI is InChI=1S/C30H36O3/c1-4-9-22-17-28(31)30(3)15-14-23-24(29(22)30)13-12-21-16-26(27(32-5-2)18-25(21)23)33-19-20-10-7-6-8-11-20/h4,6-8,10-11,16,18,22-24,29H,1,5,9,12-15,17,19H2,2-3H3/t22-,23-,24+,29-,30+/m0/s1. The maximum Gasteiger partial charge on any atom is 0.161 e. The third-order valence-electron chi connectivity index (χ3n) is 8.64. The van der Waals surface area contributed by atoms with E-state index >= 15 is 0 Å². The molecule has 0 aromatic heterocycles. The van der Waals surface area contributed by atoms with Crippen molar-refractivity contribution in [2.45, 2.75) is 64.9 Å². The molecular weight excluding hydrogens is 408 g/mol. The van der Waals surface area contributed by atoms with Gasteiger partial charge in [-0.3, -0.25) is 4.79 Å². The van der Waals surface area contributed by atoms with E-state index in [1.807, 2.05) is 31.2 Å². The van der Waals surface area contributed by atoms with E-state index in [4.69, 9.17) is 9.47 Å². The van der Waals surface area contributed by atoms with Gasteiger partial charge in [0.05, 0.1) is 6.61 Å². The minimum absolute atomic E-state index is 0.145. The van der Waals surface area contributed by atoms with Crippen LogP contribution in [0.5, 0.6) is 11.5 Å². The number of allylic oxidation sites excluding steroid dienone is 1. The van der Waals surface area contributed by atoms with Crippen LogP contribution in [-0.2, 0) is 17.8 Å². The summed E-state index contributed by atoms with van der Waals surface area (Å²) in [6, 6.07) is 14.8. The highest BCUT2D eigenvalue weighted by Gasteiger charge is 2.58. The van der Waals surface area contributed by atoms with Crippen molar-refractivity contribution < 1.29 is 14.3 Å². The number of hydrogen-bond donors (Lipinski definition) is 0. The van der Waals surface area contributed by atoms with Crippen molar-refractivity contribution in [3.8, 4) is 11.5 Å². The summed E-state index contributed by atoms with van der Waals surface area (Å²) in [5, 5.41) is 0. The zero-order chi connectivity index (χ0) is 23.0. The lowest BCUT2D eigenvalue weighted by atomic mass is 9.54. The topological polar surface area (TPSA) is 35.5 Å². The third-order valence-corrected chi connectivity index (χ3v) is 8.64. The molecule has 0 amide bonds. The van der Waals surface area contributed by atoms with Crippen LogP contribution in [0.25, 0.3) is 0 Å². The number of ether oxygens (including phenoxy) is 2. The van der Waals surface area contributed by atoms with Gasteiger partial charge in [0.25, 0.3) is 0 Å². The lowest BCUT2D eigenvalue weighted by molar-refractivity contribution is -0.129. The first kappa shape index (κ1) is 22.3. The number of Topliss-reactive ketones (excluding diaryl/α,β-unsaturated/α-hetero) is 1. The van der Waals surface area contributed by atoms with Crippen molar-refractivity contribution in [1.82, 2.24) is 0 Å². The SMILES string of the molecule is C=CC[C@H]1CC(=O)[C@@]2(C)CC[C@@H]3c4cc(OCC)c(OCc5ccccc5)cc4CC[C@H]3[C@H]12. The molecule has 2 fully saturated rings. The van der Waals surface area contributed by atoms with Gasteiger partial charge in [-0.05, 0) is 91.5 Å². The van der Waals surface area contributed by atoms with Crippen molar-refractivity contribution in [3.63, 3.8) is 0 Å². The van der Waals surface area contributed by atoms with Crippen LogP contribution in [0, 0.1) is 23.2 Å². The first-order valence-corrected chi connectivity index (χ1v) is 12.7. The van der Waals surface area contributed by atoms with Gasteiger partial charge in [-0.2, -0.15) is 0 Å². The Morgan fingerprint density at radius 2 is 1.91 bits per heavy atom. The molecule has 2 aromatic carbocycles. The zero-order valence-corrected chi connectivity index (χ0v) is 20.0. The summed E-state index contributed by atoms with van der Waals surface area (Å²) in [6.45, 7) is 9.42. The molecule has 2 saturated carbocycles. The molecule has 0 heterocycles. The molecule has 0 saturated heterocycles. The highest BCUT2D eigenvalue weighted by Crippen LogP contribution is 2.62. The van der Waals surface area contributed by atoms with Crippen molar-refractivity contribution >= 4 is 5.78 Å². The fourth-order valence-corrected chi connectivity index (χ4v) is 7.18. The van der Waals surface area contributed by atoms with E-state index in [-0.39, 0.29) is 5.41 Å². The minimum Gasteiger partial charge on any atom is -0.490 e. The number of carbonyl (C=O) groups excluding carboxylic acids is 1. The van der Waals surface area contributed by atoms with Crippen LogP contribution in [-0.4, -0.2) is 12.4 Å². The molecule has 3 heteroatoms. The van der Waals surface area contributed by atoms with Crippen molar-refractivity contribution in [3.05, 3.63) is 71.8 Å². The average Bonchev–Trinajstić information content (AvgIpc) is 3.08. The first-order chi connectivity index (χ1) is 16.0. The Bertz CT molecular complexity index is 1030. The second-order valence-electron chi connectivity index (χ2n) is 10.4. The van der Waals surface area contributed by atoms with Gasteiger partial charge in [0.1, 0.15) is 12.4 Å². The fourth-order valence-electron chi connectivity index (χ4n) is 7.18. The van der Waals surface area contributed by atoms with Crippen molar-refractivity contribution in [1.29, 1.82) is 0 Å². The van der Waals surface area contributed by atoms with Crippen LogP contribution in [0.4, 0.5) is 0 Å². The fraction of sp³-hybridized carbons (Fsp3) is 0.500. The number of ketones is 1. The van der Waals surface area contributed by atoms with Gasteiger partial charge < -0.3 is 9.47 Å². The molecule has 33 heavy (non-hydrogen) atoms. The van der Waals surface area contributed by atoms with Crippen LogP contribution in [0.1, 0.15) is 68.6 Å². The number of rotatable bonds is 7. The molecule has 5 atom stereocenters. The monoisotopic (exact) mass is 444 g/mol. The maximum absolute atomic E-state index is 13.0. The number of fused-ring (bicyclic) bond motifs is 5. The molecule has 0 aliphatic heterocycles. The quantitative estimate of drug-likeness (QED) is 0.436.